The van der Waals surface area contributed by atoms with Crippen molar-refractivity contribution in [2.45, 2.75) is 44.0 Å². The summed E-state index contributed by atoms with van der Waals surface area (Å²) in [7, 11) is 0. The van der Waals surface area contributed by atoms with Crippen LogP contribution >= 0.6 is 0 Å². The molecule has 0 unspecified atom stereocenters. The Morgan fingerprint density at radius 1 is 1.35 bits per heavy atom. The zero-order valence-electron chi connectivity index (χ0n) is 11.6. The van der Waals surface area contributed by atoms with Gasteiger partial charge in [0.2, 0.25) is 5.91 Å². The van der Waals surface area contributed by atoms with E-state index in [4.69, 9.17) is 0 Å². The number of rotatable bonds is 0. The van der Waals surface area contributed by atoms with Crippen LogP contribution in [0.5, 0.6) is 0 Å². The van der Waals surface area contributed by atoms with E-state index >= 15 is 0 Å². The molecule has 2 saturated heterocycles. The van der Waals surface area contributed by atoms with Gasteiger partial charge in [0.05, 0.1) is 12.0 Å². The SMILES string of the molecule is C[C@@H]1NC(=O)[C@H]2[C@@H]1N1CCc3ccccc3[C@H]1C[C@H]2O. The van der Waals surface area contributed by atoms with Crippen LogP contribution in [0.3, 0.4) is 0 Å². The summed E-state index contributed by atoms with van der Waals surface area (Å²) < 4.78 is 0. The van der Waals surface area contributed by atoms with E-state index in [2.05, 4.69) is 41.4 Å². The summed E-state index contributed by atoms with van der Waals surface area (Å²) >= 11 is 0. The Hall–Kier alpha value is -1.39. The van der Waals surface area contributed by atoms with E-state index in [-0.39, 0.29) is 30.0 Å². The van der Waals surface area contributed by atoms with Gasteiger partial charge in [0.25, 0.3) is 0 Å². The Morgan fingerprint density at radius 3 is 3.00 bits per heavy atom. The van der Waals surface area contributed by atoms with Crippen molar-refractivity contribution in [2.24, 2.45) is 5.92 Å². The largest absolute Gasteiger partial charge is 0.392 e. The van der Waals surface area contributed by atoms with Gasteiger partial charge in [-0.25, -0.2) is 0 Å². The van der Waals surface area contributed by atoms with E-state index in [0.717, 1.165) is 13.0 Å². The number of nitrogens with one attached hydrogen (secondary N) is 1. The minimum Gasteiger partial charge on any atom is -0.392 e. The van der Waals surface area contributed by atoms with Crippen LogP contribution in [-0.4, -0.2) is 40.6 Å². The normalized spacial score (nSPS) is 39.7. The molecule has 0 saturated carbocycles. The number of nitrogens with zero attached hydrogens (tertiary/aromatic N) is 1. The Kier molecular flexibility index (Phi) is 2.66. The van der Waals surface area contributed by atoms with Crippen LogP contribution in [0.15, 0.2) is 24.3 Å². The maximum Gasteiger partial charge on any atom is 0.227 e. The van der Waals surface area contributed by atoms with E-state index in [0.29, 0.717) is 6.42 Å². The van der Waals surface area contributed by atoms with Gasteiger partial charge in [0.1, 0.15) is 0 Å². The summed E-state index contributed by atoms with van der Waals surface area (Å²) in [5.41, 5.74) is 2.73. The summed E-state index contributed by atoms with van der Waals surface area (Å²) in [6.45, 7) is 3.03. The summed E-state index contributed by atoms with van der Waals surface area (Å²) in [6, 6.07) is 9.02. The number of piperidine rings is 1. The van der Waals surface area contributed by atoms with Crippen LogP contribution in [0, 0.1) is 5.92 Å². The highest BCUT2D eigenvalue weighted by atomic mass is 16.3. The second-order valence-corrected chi connectivity index (χ2v) is 6.32. The molecule has 0 aromatic heterocycles. The fourth-order valence-corrected chi connectivity index (χ4v) is 4.43. The van der Waals surface area contributed by atoms with Gasteiger partial charge < -0.3 is 10.4 Å². The Morgan fingerprint density at radius 2 is 2.15 bits per heavy atom. The molecule has 3 aliphatic rings. The number of aliphatic hydroxyl groups excluding tert-OH is 1. The van der Waals surface area contributed by atoms with Gasteiger partial charge in [-0.15, -0.1) is 0 Å². The lowest BCUT2D eigenvalue weighted by molar-refractivity contribution is -0.131. The molecule has 4 nitrogen and oxygen atoms in total. The van der Waals surface area contributed by atoms with E-state index < -0.39 is 6.10 Å². The predicted molar refractivity (Wildman–Crippen MR) is 75.1 cm³/mol. The molecular weight excluding hydrogens is 252 g/mol. The second kappa shape index (κ2) is 4.30. The fourth-order valence-electron chi connectivity index (χ4n) is 4.43. The third-order valence-corrected chi connectivity index (χ3v) is 5.27. The molecule has 4 heteroatoms. The molecule has 2 fully saturated rings. The molecule has 1 aromatic carbocycles. The first-order valence-electron chi connectivity index (χ1n) is 7.49. The highest BCUT2D eigenvalue weighted by Crippen LogP contribution is 2.44. The zero-order chi connectivity index (χ0) is 13.9. The van der Waals surface area contributed by atoms with E-state index in [1.165, 1.54) is 11.1 Å². The smallest absolute Gasteiger partial charge is 0.227 e. The molecule has 0 spiro atoms. The number of amides is 1. The second-order valence-electron chi connectivity index (χ2n) is 6.32. The molecule has 4 rings (SSSR count). The Balaban J connectivity index is 1.76. The molecule has 0 bridgehead atoms. The first-order chi connectivity index (χ1) is 9.66. The zero-order valence-corrected chi connectivity index (χ0v) is 11.6. The van der Waals surface area contributed by atoms with E-state index in [9.17, 15) is 9.90 Å². The van der Waals surface area contributed by atoms with E-state index in [1.54, 1.807) is 0 Å². The molecule has 3 aliphatic heterocycles. The summed E-state index contributed by atoms with van der Waals surface area (Å²) in [5.74, 6) is -0.237. The van der Waals surface area contributed by atoms with Gasteiger partial charge in [0.15, 0.2) is 0 Å². The van der Waals surface area contributed by atoms with Crippen molar-refractivity contribution in [3.05, 3.63) is 35.4 Å². The lowest BCUT2D eigenvalue weighted by atomic mass is 9.77. The molecule has 1 aromatic rings. The van der Waals surface area contributed by atoms with Crippen LogP contribution in [0.2, 0.25) is 0 Å². The summed E-state index contributed by atoms with van der Waals surface area (Å²) in [5, 5.41) is 13.5. The maximum atomic E-state index is 12.1. The van der Waals surface area contributed by atoms with Gasteiger partial charge in [-0.3, -0.25) is 9.69 Å². The molecule has 0 radical (unpaired) electrons. The number of aliphatic hydroxyl groups is 1. The molecule has 0 aliphatic carbocycles. The Bertz CT molecular complexity index is 559. The molecule has 1 amide bonds. The quantitative estimate of drug-likeness (QED) is 0.736. The fraction of sp³-hybridized carbons (Fsp3) is 0.562. The monoisotopic (exact) mass is 272 g/mol. The lowest BCUT2D eigenvalue weighted by Crippen LogP contribution is -2.56. The highest BCUT2D eigenvalue weighted by molar-refractivity contribution is 5.83. The lowest BCUT2D eigenvalue weighted by Gasteiger charge is -2.49. The molecule has 2 N–H and O–H groups in total. The number of fused-ring (bicyclic) bond motifs is 5. The van der Waals surface area contributed by atoms with Crippen molar-refractivity contribution in [3.63, 3.8) is 0 Å². The Labute approximate surface area is 118 Å². The van der Waals surface area contributed by atoms with Crippen LogP contribution < -0.4 is 5.32 Å². The molecule has 5 atom stereocenters. The average molecular weight is 272 g/mol. The van der Waals surface area contributed by atoms with Crippen molar-refractivity contribution in [1.29, 1.82) is 0 Å². The van der Waals surface area contributed by atoms with Crippen molar-refractivity contribution in [2.75, 3.05) is 6.54 Å². The number of hydrogen-bond acceptors (Lipinski definition) is 3. The molecular formula is C16H20N2O2. The van der Waals surface area contributed by atoms with Crippen molar-refractivity contribution in [3.8, 4) is 0 Å². The minimum atomic E-state index is -0.530. The molecule has 3 heterocycles. The third kappa shape index (κ3) is 1.58. The van der Waals surface area contributed by atoms with Crippen LogP contribution in [0.1, 0.15) is 30.5 Å². The van der Waals surface area contributed by atoms with Gasteiger partial charge in [0, 0.05) is 24.7 Å². The number of carbonyl (C=O) groups is 1. The average Bonchev–Trinajstić information content (AvgIpc) is 2.75. The number of carbonyl (C=O) groups excluding carboxylic acids is 1. The standard InChI is InChI=1S/C16H20N2O2/c1-9-15-14(16(20)17-9)13(19)8-12-11-5-3-2-4-10(11)6-7-18(12)15/h2-5,9,12-15,19H,6-8H2,1H3,(H,17,20)/t9-,12+,13+,14+,15+/m0/s1. The molecule has 20 heavy (non-hydrogen) atoms. The highest BCUT2D eigenvalue weighted by Gasteiger charge is 2.53. The van der Waals surface area contributed by atoms with Gasteiger partial charge in [-0.2, -0.15) is 0 Å². The van der Waals surface area contributed by atoms with Crippen LogP contribution in [0.4, 0.5) is 0 Å². The van der Waals surface area contributed by atoms with Gasteiger partial charge in [-0.05, 0) is 30.9 Å². The maximum absolute atomic E-state index is 12.1. The third-order valence-electron chi connectivity index (χ3n) is 5.27. The minimum absolute atomic E-state index is 0.0207. The van der Waals surface area contributed by atoms with Gasteiger partial charge in [-0.1, -0.05) is 24.3 Å². The van der Waals surface area contributed by atoms with Crippen molar-refractivity contribution in [1.82, 2.24) is 10.2 Å². The van der Waals surface area contributed by atoms with Crippen LogP contribution in [0.25, 0.3) is 0 Å². The first-order valence-corrected chi connectivity index (χ1v) is 7.49. The summed E-state index contributed by atoms with van der Waals surface area (Å²) in [6.07, 6.45) is 1.17. The van der Waals surface area contributed by atoms with Crippen LogP contribution in [-0.2, 0) is 11.2 Å². The topological polar surface area (TPSA) is 52.6 Å². The predicted octanol–water partition coefficient (Wildman–Crippen LogP) is 0.853. The van der Waals surface area contributed by atoms with Crippen molar-refractivity contribution >= 4 is 5.91 Å². The first kappa shape index (κ1) is 12.4. The number of hydrogen-bond donors (Lipinski definition) is 2. The van der Waals surface area contributed by atoms with E-state index in [1.807, 2.05) is 0 Å². The molecule has 106 valence electrons. The summed E-state index contributed by atoms with van der Waals surface area (Å²) in [4.78, 5) is 14.5. The van der Waals surface area contributed by atoms with Crippen molar-refractivity contribution < 1.29 is 9.90 Å². The number of benzene rings is 1. The van der Waals surface area contributed by atoms with Gasteiger partial charge >= 0.3 is 0 Å².